The van der Waals surface area contributed by atoms with Gasteiger partial charge in [0.15, 0.2) is 0 Å². The number of hydrogen-bond donors (Lipinski definition) is 1. The van der Waals surface area contributed by atoms with Crippen molar-refractivity contribution in [1.29, 1.82) is 0 Å². The molecule has 0 bridgehead atoms. The van der Waals surface area contributed by atoms with Crippen LogP contribution in [-0.4, -0.2) is 16.1 Å². The first kappa shape index (κ1) is 14.6. The van der Waals surface area contributed by atoms with Gasteiger partial charge in [-0.25, -0.2) is 4.98 Å². The fraction of sp³-hybridized carbons (Fsp3) is 0.500. The lowest BCUT2D eigenvalue weighted by Gasteiger charge is -2.19. The van der Waals surface area contributed by atoms with Gasteiger partial charge in [-0.2, -0.15) is 0 Å². The molecular formula is C14H20ClN3S. The Hall–Kier alpha value is -0.840. The van der Waals surface area contributed by atoms with Gasteiger partial charge in [0.2, 0.25) is 0 Å². The SMILES string of the molecule is CCCNC(c1sccc1Cl)c1nccn1CCC. The van der Waals surface area contributed by atoms with Gasteiger partial charge in [0, 0.05) is 23.8 Å². The Balaban J connectivity index is 2.31. The van der Waals surface area contributed by atoms with E-state index in [0.29, 0.717) is 0 Å². The van der Waals surface area contributed by atoms with E-state index in [1.807, 2.05) is 23.8 Å². The van der Waals surface area contributed by atoms with Crippen LogP contribution in [0.25, 0.3) is 0 Å². The Morgan fingerprint density at radius 2 is 2.26 bits per heavy atom. The van der Waals surface area contributed by atoms with Crippen molar-refractivity contribution in [3.8, 4) is 0 Å². The molecule has 0 saturated carbocycles. The number of rotatable bonds is 7. The summed E-state index contributed by atoms with van der Waals surface area (Å²) >= 11 is 7.98. The summed E-state index contributed by atoms with van der Waals surface area (Å²) in [5, 5.41) is 6.41. The molecule has 2 heterocycles. The highest BCUT2D eigenvalue weighted by Crippen LogP contribution is 2.32. The number of halogens is 1. The lowest BCUT2D eigenvalue weighted by Crippen LogP contribution is -2.25. The van der Waals surface area contributed by atoms with Gasteiger partial charge in [-0.3, -0.25) is 0 Å². The number of aryl methyl sites for hydroxylation is 1. The van der Waals surface area contributed by atoms with E-state index in [2.05, 4.69) is 28.7 Å². The topological polar surface area (TPSA) is 29.9 Å². The van der Waals surface area contributed by atoms with Gasteiger partial charge in [0.05, 0.1) is 5.02 Å². The Morgan fingerprint density at radius 3 is 2.89 bits per heavy atom. The fourth-order valence-electron chi connectivity index (χ4n) is 2.11. The van der Waals surface area contributed by atoms with Crippen molar-refractivity contribution in [2.24, 2.45) is 0 Å². The molecule has 0 fully saturated rings. The van der Waals surface area contributed by atoms with Crippen LogP contribution >= 0.6 is 22.9 Å². The first-order chi connectivity index (χ1) is 9.27. The van der Waals surface area contributed by atoms with E-state index in [1.165, 1.54) is 0 Å². The minimum Gasteiger partial charge on any atom is -0.333 e. The van der Waals surface area contributed by atoms with Crippen molar-refractivity contribution >= 4 is 22.9 Å². The number of nitrogens with one attached hydrogen (secondary N) is 1. The summed E-state index contributed by atoms with van der Waals surface area (Å²) in [6.45, 7) is 6.29. The average molecular weight is 298 g/mol. The van der Waals surface area contributed by atoms with Crippen LogP contribution in [0, 0.1) is 0 Å². The third-order valence-electron chi connectivity index (χ3n) is 2.98. The fourth-order valence-corrected chi connectivity index (χ4v) is 3.35. The summed E-state index contributed by atoms with van der Waals surface area (Å²) in [6.07, 6.45) is 6.10. The molecule has 0 amide bonds. The first-order valence-electron chi connectivity index (χ1n) is 6.75. The molecule has 2 rings (SSSR count). The second-order valence-electron chi connectivity index (χ2n) is 4.50. The van der Waals surface area contributed by atoms with E-state index in [0.717, 1.165) is 41.7 Å². The van der Waals surface area contributed by atoms with E-state index in [-0.39, 0.29) is 6.04 Å². The number of aromatic nitrogens is 2. The maximum atomic E-state index is 6.29. The molecule has 5 heteroatoms. The summed E-state index contributed by atoms with van der Waals surface area (Å²) < 4.78 is 2.21. The number of thiophene rings is 1. The van der Waals surface area contributed by atoms with Crippen LogP contribution in [0.1, 0.15) is 43.4 Å². The maximum Gasteiger partial charge on any atom is 0.131 e. The molecule has 2 aromatic rings. The maximum absolute atomic E-state index is 6.29. The predicted molar refractivity (Wildman–Crippen MR) is 82.0 cm³/mol. The highest BCUT2D eigenvalue weighted by molar-refractivity contribution is 7.10. The van der Waals surface area contributed by atoms with E-state index in [9.17, 15) is 0 Å². The first-order valence-corrected chi connectivity index (χ1v) is 8.01. The Kier molecular flexibility index (Phi) is 5.43. The molecule has 0 saturated heterocycles. The van der Waals surface area contributed by atoms with Gasteiger partial charge in [-0.05, 0) is 30.8 Å². The molecule has 1 N–H and O–H groups in total. The summed E-state index contributed by atoms with van der Waals surface area (Å²) in [7, 11) is 0. The molecule has 0 aromatic carbocycles. The third kappa shape index (κ3) is 3.38. The lowest BCUT2D eigenvalue weighted by molar-refractivity contribution is 0.535. The van der Waals surface area contributed by atoms with Crippen LogP contribution in [-0.2, 0) is 6.54 Å². The number of hydrogen-bond acceptors (Lipinski definition) is 3. The van der Waals surface area contributed by atoms with Gasteiger partial charge in [0.1, 0.15) is 11.9 Å². The Morgan fingerprint density at radius 1 is 1.42 bits per heavy atom. The highest BCUT2D eigenvalue weighted by Gasteiger charge is 2.21. The van der Waals surface area contributed by atoms with Gasteiger partial charge in [-0.15, -0.1) is 11.3 Å². The third-order valence-corrected chi connectivity index (χ3v) is 4.40. The monoisotopic (exact) mass is 297 g/mol. The van der Waals surface area contributed by atoms with Gasteiger partial charge in [0.25, 0.3) is 0 Å². The molecule has 2 aromatic heterocycles. The molecule has 0 aliphatic rings. The number of nitrogens with zero attached hydrogens (tertiary/aromatic N) is 2. The molecular weight excluding hydrogens is 278 g/mol. The van der Waals surface area contributed by atoms with Gasteiger partial charge < -0.3 is 9.88 Å². The van der Waals surface area contributed by atoms with Crippen LogP contribution in [0.2, 0.25) is 5.02 Å². The molecule has 0 spiro atoms. The molecule has 3 nitrogen and oxygen atoms in total. The minimum absolute atomic E-state index is 0.0917. The molecule has 0 aliphatic carbocycles. The van der Waals surface area contributed by atoms with Gasteiger partial charge in [-0.1, -0.05) is 25.4 Å². The molecule has 104 valence electrons. The van der Waals surface area contributed by atoms with E-state index >= 15 is 0 Å². The zero-order valence-corrected chi connectivity index (χ0v) is 13.0. The lowest BCUT2D eigenvalue weighted by atomic mass is 10.2. The van der Waals surface area contributed by atoms with E-state index in [4.69, 9.17) is 11.6 Å². The van der Waals surface area contributed by atoms with E-state index < -0.39 is 0 Å². The van der Waals surface area contributed by atoms with Crippen LogP contribution in [0.15, 0.2) is 23.8 Å². The molecule has 19 heavy (non-hydrogen) atoms. The summed E-state index contributed by atoms with van der Waals surface area (Å²) in [5.41, 5.74) is 0. The summed E-state index contributed by atoms with van der Waals surface area (Å²) in [6, 6.07) is 2.05. The van der Waals surface area contributed by atoms with Crippen molar-refractivity contribution in [1.82, 2.24) is 14.9 Å². The van der Waals surface area contributed by atoms with Crippen molar-refractivity contribution in [3.63, 3.8) is 0 Å². The van der Waals surface area contributed by atoms with E-state index in [1.54, 1.807) is 11.3 Å². The molecule has 0 aliphatic heterocycles. The zero-order valence-electron chi connectivity index (χ0n) is 11.4. The van der Waals surface area contributed by atoms with Crippen molar-refractivity contribution in [3.05, 3.63) is 39.6 Å². The summed E-state index contributed by atoms with van der Waals surface area (Å²) in [5.74, 6) is 1.06. The minimum atomic E-state index is 0.0917. The molecule has 1 atom stereocenters. The second-order valence-corrected chi connectivity index (χ2v) is 5.85. The van der Waals surface area contributed by atoms with Crippen molar-refractivity contribution in [2.75, 3.05) is 6.54 Å². The Labute approximate surface area is 123 Å². The van der Waals surface area contributed by atoms with Gasteiger partial charge >= 0.3 is 0 Å². The molecule has 0 radical (unpaired) electrons. The zero-order chi connectivity index (χ0) is 13.7. The van der Waals surface area contributed by atoms with Crippen LogP contribution in [0.5, 0.6) is 0 Å². The van der Waals surface area contributed by atoms with Crippen LogP contribution in [0.4, 0.5) is 0 Å². The number of imidazole rings is 1. The molecule has 1 unspecified atom stereocenters. The standard InChI is InChI=1S/C14H20ClN3S/c1-3-6-16-12(13-11(15)5-10-19-13)14-17-7-9-18(14)8-4-2/h5,7,9-10,12,16H,3-4,6,8H2,1-2H3. The summed E-state index contributed by atoms with van der Waals surface area (Å²) in [4.78, 5) is 5.69. The smallest absolute Gasteiger partial charge is 0.131 e. The largest absolute Gasteiger partial charge is 0.333 e. The van der Waals surface area contributed by atoms with Crippen LogP contribution in [0.3, 0.4) is 0 Å². The van der Waals surface area contributed by atoms with Crippen LogP contribution < -0.4 is 5.32 Å². The second kappa shape index (κ2) is 7.08. The average Bonchev–Trinajstić information content (AvgIpc) is 3.01. The predicted octanol–water partition coefficient (Wildman–Crippen LogP) is 4.10. The van der Waals surface area contributed by atoms with Crippen molar-refractivity contribution < 1.29 is 0 Å². The quantitative estimate of drug-likeness (QED) is 0.834. The highest BCUT2D eigenvalue weighted by atomic mass is 35.5. The Bertz CT molecular complexity index is 506. The van der Waals surface area contributed by atoms with Crippen molar-refractivity contribution in [2.45, 2.75) is 39.3 Å². The normalized spacial score (nSPS) is 12.8.